The molecule has 0 unspecified atom stereocenters. The van der Waals surface area contributed by atoms with Crippen molar-refractivity contribution in [3.05, 3.63) is 71.3 Å². The number of fused-ring (bicyclic) bond motifs is 1. The van der Waals surface area contributed by atoms with Crippen LogP contribution in [-0.2, 0) is 14.3 Å². The first-order valence-electron chi connectivity index (χ1n) is 10.0. The van der Waals surface area contributed by atoms with E-state index in [9.17, 15) is 19.2 Å². The Labute approximate surface area is 174 Å². The predicted octanol–water partition coefficient (Wildman–Crippen LogP) is 2.63. The maximum atomic E-state index is 12.5. The monoisotopic (exact) mass is 406 g/mol. The smallest absolute Gasteiger partial charge is 0.306 e. The van der Waals surface area contributed by atoms with Gasteiger partial charge in [0.25, 0.3) is 17.7 Å². The number of imide groups is 1. The molecule has 1 saturated carbocycles. The largest absolute Gasteiger partial charge is 0.447 e. The SMILES string of the molecule is O=C(CCCN1C(=O)c2ccccc2C1=O)O[C@H](C(=O)NC1CC1)c1ccccc1. The molecular weight excluding hydrogens is 384 g/mol. The van der Waals surface area contributed by atoms with E-state index in [4.69, 9.17) is 4.74 Å². The number of esters is 1. The van der Waals surface area contributed by atoms with Gasteiger partial charge in [-0.15, -0.1) is 0 Å². The van der Waals surface area contributed by atoms with Crippen molar-refractivity contribution in [2.24, 2.45) is 0 Å². The molecule has 2 aromatic rings. The van der Waals surface area contributed by atoms with Crippen molar-refractivity contribution in [1.29, 1.82) is 0 Å². The van der Waals surface area contributed by atoms with Crippen molar-refractivity contribution >= 4 is 23.7 Å². The van der Waals surface area contributed by atoms with Crippen LogP contribution in [0.2, 0.25) is 0 Å². The number of carbonyl (C=O) groups excluding carboxylic acids is 4. The van der Waals surface area contributed by atoms with Crippen LogP contribution in [0.1, 0.15) is 58.1 Å². The molecular formula is C23H22N2O5. The third kappa shape index (κ3) is 4.25. The van der Waals surface area contributed by atoms with Crippen LogP contribution in [0.4, 0.5) is 0 Å². The van der Waals surface area contributed by atoms with Crippen LogP contribution in [0, 0.1) is 0 Å². The van der Waals surface area contributed by atoms with Gasteiger partial charge in [0.2, 0.25) is 6.10 Å². The summed E-state index contributed by atoms with van der Waals surface area (Å²) in [6.45, 7) is 0.117. The summed E-state index contributed by atoms with van der Waals surface area (Å²) < 4.78 is 5.47. The van der Waals surface area contributed by atoms with Crippen molar-refractivity contribution in [3.63, 3.8) is 0 Å². The van der Waals surface area contributed by atoms with E-state index in [1.807, 2.05) is 6.07 Å². The van der Waals surface area contributed by atoms with E-state index < -0.39 is 12.1 Å². The van der Waals surface area contributed by atoms with E-state index in [0.717, 1.165) is 17.7 Å². The first kappa shape index (κ1) is 19.8. The lowest BCUT2D eigenvalue weighted by molar-refractivity contribution is -0.156. The summed E-state index contributed by atoms with van der Waals surface area (Å²) in [5.74, 6) is -1.59. The number of hydrogen-bond acceptors (Lipinski definition) is 5. The molecule has 0 spiro atoms. The van der Waals surface area contributed by atoms with E-state index in [1.54, 1.807) is 48.5 Å². The molecule has 1 aliphatic carbocycles. The van der Waals surface area contributed by atoms with Crippen LogP contribution in [0.3, 0.4) is 0 Å². The van der Waals surface area contributed by atoms with Crippen LogP contribution in [0.15, 0.2) is 54.6 Å². The average molecular weight is 406 g/mol. The highest BCUT2D eigenvalue weighted by molar-refractivity contribution is 6.21. The summed E-state index contributed by atoms with van der Waals surface area (Å²) in [5, 5.41) is 2.87. The number of hydrogen-bond donors (Lipinski definition) is 1. The molecule has 4 rings (SSSR count). The highest BCUT2D eigenvalue weighted by atomic mass is 16.5. The molecule has 1 aliphatic heterocycles. The summed E-state index contributed by atoms with van der Waals surface area (Å²) in [5.41, 5.74) is 1.36. The molecule has 1 fully saturated rings. The molecule has 1 atom stereocenters. The van der Waals surface area contributed by atoms with E-state index in [2.05, 4.69) is 5.32 Å². The van der Waals surface area contributed by atoms with Crippen molar-refractivity contribution in [1.82, 2.24) is 10.2 Å². The maximum Gasteiger partial charge on any atom is 0.306 e. The molecule has 2 aliphatic rings. The summed E-state index contributed by atoms with van der Waals surface area (Å²) >= 11 is 0. The van der Waals surface area contributed by atoms with Gasteiger partial charge in [0.15, 0.2) is 0 Å². The maximum absolute atomic E-state index is 12.5. The topological polar surface area (TPSA) is 92.8 Å². The van der Waals surface area contributed by atoms with Crippen LogP contribution < -0.4 is 5.32 Å². The first-order chi connectivity index (χ1) is 14.5. The van der Waals surface area contributed by atoms with Gasteiger partial charge in [-0.1, -0.05) is 42.5 Å². The number of benzene rings is 2. The lowest BCUT2D eigenvalue weighted by Crippen LogP contribution is -2.34. The molecule has 1 heterocycles. The van der Waals surface area contributed by atoms with Gasteiger partial charge in [0.05, 0.1) is 11.1 Å². The minimum atomic E-state index is -1.02. The lowest BCUT2D eigenvalue weighted by Gasteiger charge is -2.18. The zero-order valence-electron chi connectivity index (χ0n) is 16.4. The van der Waals surface area contributed by atoms with E-state index in [0.29, 0.717) is 16.7 Å². The van der Waals surface area contributed by atoms with Gasteiger partial charge in [0, 0.05) is 24.6 Å². The van der Waals surface area contributed by atoms with Gasteiger partial charge in [-0.25, -0.2) is 0 Å². The molecule has 0 bridgehead atoms. The summed E-state index contributed by atoms with van der Waals surface area (Å²) in [7, 11) is 0. The predicted molar refractivity (Wildman–Crippen MR) is 107 cm³/mol. The van der Waals surface area contributed by atoms with Crippen LogP contribution >= 0.6 is 0 Å². The summed E-state index contributed by atoms with van der Waals surface area (Å²) in [6, 6.07) is 15.7. The highest BCUT2D eigenvalue weighted by Gasteiger charge is 2.35. The van der Waals surface area contributed by atoms with Gasteiger partial charge < -0.3 is 10.1 Å². The average Bonchev–Trinajstić information content (AvgIpc) is 3.54. The second-order valence-corrected chi connectivity index (χ2v) is 7.47. The van der Waals surface area contributed by atoms with Crippen molar-refractivity contribution in [3.8, 4) is 0 Å². The Kier molecular flexibility index (Phi) is 5.61. The zero-order chi connectivity index (χ0) is 21.1. The fraction of sp³-hybridized carbons (Fsp3) is 0.304. The quantitative estimate of drug-likeness (QED) is 0.537. The number of ether oxygens (including phenoxy) is 1. The molecule has 0 saturated heterocycles. The molecule has 0 aromatic heterocycles. The fourth-order valence-electron chi connectivity index (χ4n) is 3.42. The second-order valence-electron chi connectivity index (χ2n) is 7.47. The molecule has 30 heavy (non-hydrogen) atoms. The standard InChI is InChI=1S/C23H22N2O5/c26-19(11-6-14-25-22(28)17-9-4-5-10-18(17)23(25)29)30-20(15-7-2-1-3-8-15)21(27)24-16-12-13-16/h1-5,7-10,16,20H,6,11-14H2,(H,24,27)/t20-/m0/s1. The summed E-state index contributed by atoms with van der Waals surface area (Å²) in [6.07, 6.45) is 1.10. The minimum Gasteiger partial charge on any atom is -0.447 e. The Hall–Kier alpha value is -3.48. The van der Waals surface area contributed by atoms with Crippen molar-refractivity contribution < 1.29 is 23.9 Å². The second kappa shape index (κ2) is 8.49. The highest BCUT2D eigenvalue weighted by Crippen LogP contribution is 2.25. The third-order valence-electron chi connectivity index (χ3n) is 5.15. The molecule has 1 N–H and O–H groups in total. The van der Waals surface area contributed by atoms with Gasteiger partial charge in [-0.05, 0) is 31.4 Å². The Morgan fingerprint density at radius 3 is 2.17 bits per heavy atom. The van der Waals surface area contributed by atoms with E-state index in [1.165, 1.54) is 0 Å². The fourth-order valence-corrected chi connectivity index (χ4v) is 3.42. The van der Waals surface area contributed by atoms with Gasteiger partial charge in [0.1, 0.15) is 0 Å². The lowest BCUT2D eigenvalue weighted by atomic mass is 10.1. The van der Waals surface area contributed by atoms with Crippen LogP contribution in [-0.4, -0.2) is 41.2 Å². The van der Waals surface area contributed by atoms with Crippen LogP contribution in [0.25, 0.3) is 0 Å². The molecule has 3 amide bonds. The Morgan fingerprint density at radius 1 is 0.967 bits per heavy atom. The third-order valence-corrected chi connectivity index (χ3v) is 5.15. The van der Waals surface area contributed by atoms with E-state index in [-0.39, 0.29) is 43.1 Å². The molecule has 7 heteroatoms. The van der Waals surface area contributed by atoms with Gasteiger partial charge >= 0.3 is 5.97 Å². The number of carbonyl (C=O) groups is 4. The number of nitrogens with one attached hydrogen (secondary N) is 1. The van der Waals surface area contributed by atoms with Gasteiger partial charge in [-0.2, -0.15) is 0 Å². The number of rotatable bonds is 8. The Morgan fingerprint density at radius 2 is 1.57 bits per heavy atom. The molecule has 2 aromatic carbocycles. The van der Waals surface area contributed by atoms with Crippen molar-refractivity contribution in [2.45, 2.75) is 37.8 Å². The van der Waals surface area contributed by atoms with E-state index >= 15 is 0 Å². The minimum absolute atomic E-state index is 0.00650. The Bertz CT molecular complexity index is 949. The van der Waals surface area contributed by atoms with Gasteiger partial charge in [-0.3, -0.25) is 24.1 Å². The van der Waals surface area contributed by atoms with Crippen molar-refractivity contribution in [2.75, 3.05) is 6.54 Å². The molecule has 0 radical (unpaired) electrons. The van der Waals surface area contributed by atoms with Crippen LogP contribution in [0.5, 0.6) is 0 Å². The normalized spacial score (nSPS) is 16.2. The zero-order valence-corrected chi connectivity index (χ0v) is 16.4. The summed E-state index contributed by atoms with van der Waals surface area (Å²) in [4.78, 5) is 50.8. The first-order valence-corrected chi connectivity index (χ1v) is 10.0. The molecule has 7 nitrogen and oxygen atoms in total. The molecule has 154 valence electrons. The number of nitrogens with zero attached hydrogens (tertiary/aromatic N) is 1. The Balaban J connectivity index is 1.33. The number of amides is 3.